The molecular weight excluding hydrogens is 303 g/mol. The summed E-state index contributed by atoms with van der Waals surface area (Å²) >= 11 is 0. The highest BCUT2D eigenvalue weighted by Crippen LogP contribution is 2.29. The Kier molecular flexibility index (Phi) is 4.34. The number of rotatable bonds is 5. The van der Waals surface area contributed by atoms with E-state index in [2.05, 4.69) is 4.98 Å². The summed E-state index contributed by atoms with van der Waals surface area (Å²) in [6.45, 7) is 0.103. The molecule has 0 atom stereocenters. The number of benzene rings is 1. The lowest BCUT2D eigenvalue weighted by atomic mass is 10.2. The van der Waals surface area contributed by atoms with Crippen molar-refractivity contribution < 1.29 is 23.1 Å². The van der Waals surface area contributed by atoms with Gasteiger partial charge in [-0.15, -0.1) is 0 Å². The van der Waals surface area contributed by atoms with Gasteiger partial charge in [-0.05, 0) is 30.7 Å². The summed E-state index contributed by atoms with van der Waals surface area (Å²) in [7, 11) is 0. The third-order valence-corrected chi connectivity index (χ3v) is 2.98. The molecule has 0 bridgehead atoms. The number of carbonyl (C=O) groups is 1. The van der Waals surface area contributed by atoms with Gasteiger partial charge in [0.05, 0.1) is 11.3 Å². The van der Waals surface area contributed by atoms with Crippen molar-refractivity contribution in [1.29, 1.82) is 0 Å². The van der Waals surface area contributed by atoms with Gasteiger partial charge < -0.3 is 5.11 Å². The maximum atomic E-state index is 12.5. The van der Waals surface area contributed by atoms with Crippen LogP contribution in [0.15, 0.2) is 35.4 Å². The fourth-order valence-corrected chi connectivity index (χ4v) is 1.92. The number of hydrogen-bond acceptors (Lipinski definition) is 3. The summed E-state index contributed by atoms with van der Waals surface area (Å²) in [5.41, 5.74) is -1.06. The molecule has 0 amide bonds. The van der Waals surface area contributed by atoms with Crippen molar-refractivity contribution in [2.24, 2.45) is 0 Å². The predicted octanol–water partition coefficient (Wildman–Crippen LogP) is 1.92. The fourth-order valence-electron chi connectivity index (χ4n) is 1.92. The molecule has 0 radical (unpaired) electrons. The second-order valence-corrected chi connectivity index (χ2v) is 4.54. The first-order valence-electron chi connectivity index (χ1n) is 6.33. The Morgan fingerprint density at radius 3 is 2.41 bits per heavy atom. The maximum absolute atomic E-state index is 12.5. The van der Waals surface area contributed by atoms with Gasteiger partial charge in [-0.3, -0.25) is 4.79 Å². The highest BCUT2D eigenvalue weighted by atomic mass is 19.4. The van der Waals surface area contributed by atoms with Crippen LogP contribution >= 0.6 is 0 Å². The number of nitrogens with zero attached hydrogens (tertiary/aromatic N) is 3. The molecule has 0 spiro atoms. The summed E-state index contributed by atoms with van der Waals surface area (Å²) in [5, 5.41) is 8.59. The normalized spacial score (nSPS) is 11.6. The number of alkyl halides is 3. The van der Waals surface area contributed by atoms with Crippen LogP contribution in [-0.2, 0) is 17.5 Å². The van der Waals surface area contributed by atoms with Crippen LogP contribution in [0.4, 0.5) is 13.2 Å². The average molecular weight is 315 g/mol. The Morgan fingerprint density at radius 1 is 1.23 bits per heavy atom. The van der Waals surface area contributed by atoms with Crippen molar-refractivity contribution in [2.75, 3.05) is 0 Å². The average Bonchev–Trinajstić information content (AvgIpc) is 2.79. The van der Waals surface area contributed by atoms with E-state index in [9.17, 15) is 22.8 Å². The summed E-state index contributed by atoms with van der Waals surface area (Å²) in [6, 6.07) is 4.25. The minimum absolute atomic E-state index is 0.103. The minimum Gasteiger partial charge on any atom is -0.481 e. The molecule has 0 saturated carbocycles. The largest absolute Gasteiger partial charge is 0.481 e. The number of carboxylic acids is 1. The van der Waals surface area contributed by atoms with Crippen molar-refractivity contribution in [2.45, 2.75) is 25.6 Å². The molecule has 0 aliphatic carbocycles. The zero-order chi connectivity index (χ0) is 16.3. The molecule has 0 unspecified atom stereocenters. The Bertz CT molecular complexity index is 717. The topological polar surface area (TPSA) is 77.1 Å². The molecule has 9 heteroatoms. The minimum atomic E-state index is -4.44. The van der Waals surface area contributed by atoms with Crippen LogP contribution in [-0.4, -0.2) is 25.4 Å². The van der Waals surface area contributed by atoms with Gasteiger partial charge in [-0.1, -0.05) is 0 Å². The summed E-state index contributed by atoms with van der Waals surface area (Å²) < 4.78 is 40.0. The van der Waals surface area contributed by atoms with Crippen molar-refractivity contribution in [3.63, 3.8) is 0 Å². The summed E-state index contributed by atoms with van der Waals surface area (Å²) in [6.07, 6.45) is -3.16. The molecule has 1 aromatic carbocycles. The Hall–Kier alpha value is -2.58. The van der Waals surface area contributed by atoms with Gasteiger partial charge in [-0.25, -0.2) is 14.2 Å². The summed E-state index contributed by atoms with van der Waals surface area (Å²) in [4.78, 5) is 25.7. The number of aromatic nitrogens is 3. The van der Waals surface area contributed by atoms with Gasteiger partial charge in [0.1, 0.15) is 6.33 Å². The number of halogens is 3. The van der Waals surface area contributed by atoms with Crippen LogP contribution in [0, 0.1) is 0 Å². The van der Waals surface area contributed by atoms with Crippen LogP contribution < -0.4 is 5.69 Å². The van der Waals surface area contributed by atoms with E-state index in [0.29, 0.717) is 5.69 Å². The van der Waals surface area contributed by atoms with Crippen LogP contribution in [0.5, 0.6) is 0 Å². The van der Waals surface area contributed by atoms with Crippen LogP contribution in [0.3, 0.4) is 0 Å². The lowest BCUT2D eigenvalue weighted by Crippen LogP contribution is -2.23. The third kappa shape index (κ3) is 3.54. The molecule has 2 rings (SSSR count). The zero-order valence-electron chi connectivity index (χ0n) is 11.2. The van der Waals surface area contributed by atoms with Gasteiger partial charge in [-0.2, -0.15) is 18.2 Å². The van der Waals surface area contributed by atoms with Gasteiger partial charge in [0.2, 0.25) is 0 Å². The molecule has 0 aliphatic rings. The Morgan fingerprint density at radius 2 is 1.86 bits per heavy atom. The van der Waals surface area contributed by atoms with Gasteiger partial charge >= 0.3 is 17.8 Å². The zero-order valence-corrected chi connectivity index (χ0v) is 11.2. The lowest BCUT2D eigenvalue weighted by molar-refractivity contribution is -0.138. The van der Waals surface area contributed by atoms with E-state index in [1.165, 1.54) is 27.8 Å². The molecule has 2 aromatic rings. The monoisotopic (exact) mass is 315 g/mol. The van der Waals surface area contributed by atoms with Gasteiger partial charge in [0, 0.05) is 13.0 Å². The first kappa shape index (κ1) is 15.8. The Balaban J connectivity index is 2.26. The highest BCUT2D eigenvalue weighted by molar-refractivity contribution is 5.66. The molecule has 0 saturated heterocycles. The van der Waals surface area contributed by atoms with Crippen LogP contribution in [0.2, 0.25) is 0 Å². The fraction of sp³-hybridized carbons (Fsp3) is 0.308. The number of hydrogen-bond donors (Lipinski definition) is 1. The first-order chi connectivity index (χ1) is 10.3. The lowest BCUT2D eigenvalue weighted by Gasteiger charge is -2.11. The van der Waals surface area contributed by atoms with Crippen LogP contribution in [0.1, 0.15) is 18.4 Å². The van der Waals surface area contributed by atoms with Crippen molar-refractivity contribution in [3.8, 4) is 5.69 Å². The predicted molar refractivity (Wildman–Crippen MR) is 69.7 cm³/mol. The molecule has 0 aliphatic heterocycles. The van der Waals surface area contributed by atoms with E-state index in [-0.39, 0.29) is 19.4 Å². The summed E-state index contributed by atoms with van der Waals surface area (Å²) in [5.74, 6) is -0.992. The quantitative estimate of drug-likeness (QED) is 0.914. The molecule has 1 heterocycles. The van der Waals surface area contributed by atoms with E-state index in [0.717, 1.165) is 12.1 Å². The molecule has 1 N–H and O–H groups in total. The van der Waals surface area contributed by atoms with Gasteiger partial charge in [0.15, 0.2) is 0 Å². The van der Waals surface area contributed by atoms with E-state index >= 15 is 0 Å². The second kappa shape index (κ2) is 6.04. The van der Waals surface area contributed by atoms with E-state index in [1.54, 1.807) is 0 Å². The first-order valence-corrected chi connectivity index (χ1v) is 6.33. The van der Waals surface area contributed by atoms with E-state index in [4.69, 9.17) is 5.11 Å². The van der Waals surface area contributed by atoms with Gasteiger partial charge in [0.25, 0.3) is 0 Å². The molecular formula is C13H12F3N3O3. The molecule has 118 valence electrons. The van der Waals surface area contributed by atoms with Crippen LogP contribution in [0.25, 0.3) is 5.69 Å². The van der Waals surface area contributed by atoms with Crippen molar-refractivity contribution in [3.05, 3.63) is 46.6 Å². The standard InChI is InChI=1S/C13H12F3N3O3/c14-13(15,16)9-3-5-10(6-4-9)19-8-17-12(22)18(19)7-1-2-11(20)21/h3-6,8H,1-2,7H2,(H,20,21). The van der Waals surface area contributed by atoms with Crippen molar-refractivity contribution >= 4 is 5.97 Å². The third-order valence-electron chi connectivity index (χ3n) is 2.98. The molecule has 0 fully saturated rings. The molecule has 1 aromatic heterocycles. The highest BCUT2D eigenvalue weighted by Gasteiger charge is 2.30. The maximum Gasteiger partial charge on any atom is 0.416 e. The number of carboxylic acid groups (broad SMARTS) is 1. The Labute approximate surface area is 122 Å². The molecule has 22 heavy (non-hydrogen) atoms. The number of aliphatic carboxylic acids is 1. The second-order valence-electron chi connectivity index (χ2n) is 4.54. The van der Waals surface area contributed by atoms with E-state index in [1.807, 2.05) is 0 Å². The smallest absolute Gasteiger partial charge is 0.416 e. The van der Waals surface area contributed by atoms with Crippen molar-refractivity contribution in [1.82, 2.24) is 14.3 Å². The molecule has 6 nitrogen and oxygen atoms in total. The van der Waals surface area contributed by atoms with E-state index < -0.39 is 23.4 Å². The SMILES string of the molecule is O=C(O)CCCn1c(=O)ncn1-c1ccc(C(F)(F)F)cc1.